The highest BCUT2D eigenvalue weighted by Gasteiger charge is 2.20. The third-order valence-corrected chi connectivity index (χ3v) is 4.36. The molecule has 0 unspecified atom stereocenters. The average Bonchev–Trinajstić information content (AvgIpc) is 2.68. The van der Waals surface area contributed by atoms with Gasteiger partial charge in [0, 0.05) is 38.4 Å². The molecule has 0 saturated carbocycles. The summed E-state index contributed by atoms with van der Waals surface area (Å²) >= 11 is 0. The zero-order chi connectivity index (χ0) is 17.3. The van der Waals surface area contributed by atoms with Gasteiger partial charge in [0.1, 0.15) is 12.4 Å². The van der Waals surface area contributed by atoms with Gasteiger partial charge in [-0.1, -0.05) is 36.4 Å². The van der Waals surface area contributed by atoms with Crippen molar-refractivity contribution in [3.63, 3.8) is 0 Å². The maximum Gasteiger partial charge on any atom is 0.241 e. The van der Waals surface area contributed by atoms with Gasteiger partial charge in [-0.15, -0.1) is 0 Å². The maximum atomic E-state index is 12.3. The van der Waals surface area contributed by atoms with Crippen LogP contribution in [0.4, 0.5) is 5.69 Å². The lowest BCUT2D eigenvalue weighted by atomic mass is 10.3. The van der Waals surface area contributed by atoms with Gasteiger partial charge in [-0.2, -0.15) is 0 Å². The summed E-state index contributed by atoms with van der Waals surface area (Å²) in [6.07, 6.45) is 0. The molecule has 1 amide bonds. The van der Waals surface area contributed by atoms with E-state index in [-0.39, 0.29) is 5.91 Å². The molecular formula is C20H25N3O2. The van der Waals surface area contributed by atoms with E-state index in [0.717, 1.165) is 44.2 Å². The van der Waals surface area contributed by atoms with Crippen molar-refractivity contribution in [1.82, 2.24) is 9.80 Å². The molecule has 3 rings (SSSR count). The molecule has 25 heavy (non-hydrogen) atoms. The first-order valence-electron chi connectivity index (χ1n) is 8.78. The van der Waals surface area contributed by atoms with Gasteiger partial charge in [0.15, 0.2) is 0 Å². The number of carbonyl (C=O) groups excluding carboxylic acids is 1. The Labute approximate surface area is 149 Å². The fraction of sp³-hybridized carbons (Fsp3) is 0.350. The number of rotatable bonds is 7. The standard InChI is InChI=1S/C20H25N3O2/c24-20(17-21-18-7-3-1-4-8-18)23-13-11-22(12-14-23)15-16-25-19-9-5-2-6-10-19/h1-10,21H,11-17H2. The van der Waals surface area contributed by atoms with E-state index in [2.05, 4.69) is 10.2 Å². The zero-order valence-corrected chi connectivity index (χ0v) is 14.4. The monoisotopic (exact) mass is 339 g/mol. The second-order valence-corrected chi connectivity index (χ2v) is 6.10. The highest BCUT2D eigenvalue weighted by molar-refractivity contribution is 5.81. The van der Waals surface area contributed by atoms with Gasteiger partial charge in [-0.25, -0.2) is 0 Å². The summed E-state index contributed by atoms with van der Waals surface area (Å²) in [5, 5.41) is 3.18. The first kappa shape index (κ1) is 17.3. The molecule has 0 aromatic heterocycles. The topological polar surface area (TPSA) is 44.8 Å². The summed E-state index contributed by atoms with van der Waals surface area (Å²) in [5.74, 6) is 1.06. The fourth-order valence-electron chi connectivity index (χ4n) is 2.88. The minimum atomic E-state index is 0.157. The van der Waals surface area contributed by atoms with Gasteiger partial charge in [0.05, 0.1) is 6.54 Å². The molecule has 2 aromatic carbocycles. The molecule has 0 radical (unpaired) electrons. The smallest absolute Gasteiger partial charge is 0.241 e. The lowest BCUT2D eigenvalue weighted by molar-refractivity contribution is -0.131. The summed E-state index contributed by atoms with van der Waals surface area (Å²) in [4.78, 5) is 16.6. The van der Waals surface area contributed by atoms with Crippen LogP contribution in [0.15, 0.2) is 60.7 Å². The Morgan fingerprint density at radius 2 is 1.56 bits per heavy atom. The maximum absolute atomic E-state index is 12.3. The number of ether oxygens (including phenoxy) is 1. The molecule has 5 heteroatoms. The van der Waals surface area contributed by atoms with Crippen molar-refractivity contribution >= 4 is 11.6 Å². The molecule has 0 atom stereocenters. The number of hydrogen-bond donors (Lipinski definition) is 1. The van der Waals surface area contributed by atoms with E-state index in [1.54, 1.807) is 0 Å². The number of hydrogen-bond acceptors (Lipinski definition) is 4. The molecule has 0 bridgehead atoms. The van der Waals surface area contributed by atoms with Crippen LogP contribution in [-0.2, 0) is 4.79 Å². The largest absolute Gasteiger partial charge is 0.492 e. The highest BCUT2D eigenvalue weighted by atomic mass is 16.5. The van der Waals surface area contributed by atoms with Crippen LogP contribution >= 0.6 is 0 Å². The predicted molar refractivity (Wildman–Crippen MR) is 99.9 cm³/mol. The number of amides is 1. The van der Waals surface area contributed by atoms with Gasteiger partial charge in [-0.05, 0) is 24.3 Å². The van der Waals surface area contributed by atoms with Crippen LogP contribution in [0.25, 0.3) is 0 Å². The summed E-state index contributed by atoms with van der Waals surface area (Å²) in [6, 6.07) is 19.7. The second-order valence-electron chi connectivity index (χ2n) is 6.10. The summed E-state index contributed by atoms with van der Waals surface area (Å²) < 4.78 is 5.74. The Morgan fingerprint density at radius 3 is 2.24 bits per heavy atom. The average molecular weight is 339 g/mol. The van der Waals surface area contributed by atoms with Crippen LogP contribution in [0.1, 0.15) is 0 Å². The molecule has 1 aliphatic rings. The highest BCUT2D eigenvalue weighted by Crippen LogP contribution is 2.09. The van der Waals surface area contributed by atoms with Crippen LogP contribution in [0.5, 0.6) is 5.75 Å². The van der Waals surface area contributed by atoms with Crippen molar-refractivity contribution in [3.8, 4) is 5.75 Å². The summed E-state index contributed by atoms with van der Waals surface area (Å²) in [7, 11) is 0. The van der Waals surface area contributed by atoms with Crippen molar-refractivity contribution in [2.24, 2.45) is 0 Å². The minimum Gasteiger partial charge on any atom is -0.492 e. The zero-order valence-electron chi connectivity index (χ0n) is 14.4. The summed E-state index contributed by atoms with van der Waals surface area (Å²) in [6.45, 7) is 5.26. The molecule has 0 aliphatic carbocycles. The third kappa shape index (κ3) is 5.50. The number of anilines is 1. The van der Waals surface area contributed by atoms with E-state index in [4.69, 9.17) is 4.74 Å². The van der Waals surface area contributed by atoms with Gasteiger partial charge in [-0.3, -0.25) is 9.69 Å². The molecule has 1 N–H and O–H groups in total. The normalized spacial score (nSPS) is 15.0. The first-order chi connectivity index (χ1) is 12.3. The lowest BCUT2D eigenvalue weighted by Crippen LogP contribution is -2.50. The van der Waals surface area contributed by atoms with Gasteiger partial charge in [0.25, 0.3) is 0 Å². The Hall–Kier alpha value is -2.53. The molecule has 5 nitrogen and oxygen atoms in total. The Morgan fingerprint density at radius 1 is 0.920 bits per heavy atom. The number of nitrogens with zero attached hydrogens (tertiary/aromatic N) is 2. The molecule has 132 valence electrons. The van der Waals surface area contributed by atoms with E-state index in [1.165, 1.54) is 0 Å². The molecule has 1 fully saturated rings. The molecule has 1 heterocycles. The second kappa shape index (κ2) is 9.08. The number of nitrogens with one attached hydrogen (secondary N) is 1. The van der Waals surface area contributed by atoms with E-state index in [1.807, 2.05) is 65.6 Å². The van der Waals surface area contributed by atoms with Crippen molar-refractivity contribution in [3.05, 3.63) is 60.7 Å². The Bertz CT molecular complexity index is 641. The van der Waals surface area contributed by atoms with Gasteiger partial charge in [0.2, 0.25) is 5.91 Å². The fourth-order valence-corrected chi connectivity index (χ4v) is 2.88. The van der Waals surface area contributed by atoms with E-state index in [9.17, 15) is 4.79 Å². The third-order valence-electron chi connectivity index (χ3n) is 4.36. The minimum absolute atomic E-state index is 0.157. The van der Waals surface area contributed by atoms with Crippen molar-refractivity contribution in [1.29, 1.82) is 0 Å². The summed E-state index contributed by atoms with van der Waals surface area (Å²) in [5.41, 5.74) is 0.979. The quantitative estimate of drug-likeness (QED) is 0.841. The number of benzene rings is 2. The SMILES string of the molecule is O=C(CNc1ccccc1)N1CCN(CCOc2ccccc2)CC1. The van der Waals surface area contributed by atoms with Crippen LogP contribution in [0.3, 0.4) is 0 Å². The van der Waals surface area contributed by atoms with Crippen LogP contribution in [-0.4, -0.2) is 61.6 Å². The van der Waals surface area contributed by atoms with Crippen molar-refractivity contribution < 1.29 is 9.53 Å². The van der Waals surface area contributed by atoms with E-state index < -0.39 is 0 Å². The first-order valence-corrected chi connectivity index (χ1v) is 8.78. The number of carbonyl (C=O) groups is 1. The van der Waals surface area contributed by atoms with E-state index >= 15 is 0 Å². The van der Waals surface area contributed by atoms with E-state index in [0.29, 0.717) is 13.2 Å². The van der Waals surface area contributed by atoms with Crippen LogP contribution in [0, 0.1) is 0 Å². The number of piperazine rings is 1. The predicted octanol–water partition coefficient (Wildman–Crippen LogP) is 2.32. The van der Waals surface area contributed by atoms with Gasteiger partial charge >= 0.3 is 0 Å². The van der Waals surface area contributed by atoms with Crippen molar-refractivity contribution in [2.45, 2.75) is 0 Å². The Balaban J connectivity index is 1.33. The molecular weight excluding hydrogens is 314 g/mol. The molecule has 1 aliphatic heterocycles. The Kier molecular flexibility index (Phi) is 6.29. The van der Waals surface area contributed by atoms with Gasteiger partial charge < -0.3 is 15.0 Å². The lowest BCUT2D eigenvalue weighted by Gasteiger charge is -2.34. The van der Waals surface area contributed by atoms with Crippen LogP contribution < -0.4 is 10.1 Å². The molecule has 2 aromatic rings. The van der Waals surface area contributed by atoms with Crippen molar-refractivity contribution in [2.75, 3.05) is 51.2 Å². The molecule has 0 spiro atoms. The number of para-hydroxylation sites is 2. The molecule has 1 saturated heterocycles. The van der Waals surface area contributed by atoms with Crippen LogP contribution in [0.2, 0.25) is 0 Å².